The van der Waals surface area contributed by atoms with Crippen molar-refractivity contribution in [2.45, 2.75) is 38.2 Å². The minimum atomic E-state index is -0.407. The van der Waals surface area contributed by atoms with E-state index in [1.165, 1.54) is 25.7 Å². The third kappa shape index (κ3) is 2.90. The van der Waals surface area contributed by atoms with Crippen molar-refractivity contribution < 1.29 is 14.6 Å². The predicted octanol–water partition coefficient (Wildman–Crippen LogP) is 3.83. The van der Waals surface area contributed by atoms with Gasteiger partial charge in [-0.25, -0.2) is 0 Å². The molecule has 0 saturated heterocycles. The molecule has 1 heterocycles. The minimum Gasteiger partial charge on any atom is -0.486 e. The van der Waals surface area contributed by atoms with Crippen LogP contribution in [0.1, 0.15) is 43.8 Å². The maximum atomic E-state index is 10.4. The highest BCUT2D eigenvalue weighted by atomic mass is 79.9. The summed E-state index contributed by atoms with van der Waals surface area (Å²) in [5, 5.41) is 10.4. The van der Waals surface area contributed by atoms with E-state index in [1.54, 1.807) is 0 Å². The third-order valence-electron chi connectivity index (χ3n) is 4.04. The van der Waals surface area contributed by atoms with Gasteiger partial charge in [-0.1, -0.05) is 25.7 Å². The van der Waals surface area contributed by atoms with Crippen LogP contribution in [0, 0.1) is 5.92 Å². The molecule has 1 N–H and O–H groups in total. The molecule has 19 heavy (non-hydrogen) atoms. The van der Waals surface area contributed by atoms with Gasteiger partial charge >= 0.3 is 0 Å². The maximum Gasteiger partial charge on any atom is 0.175 e. The van der Waals surface area contributed by atoms with Crippen LogP contribution >= 0.6 is 15.9 Å². The lowest BCUT2D eigenvalue weighted by atomic mass is 9.95. The third-order valence-corrected chi connectivity index (χ3v) is 4.62. The highest BCUT2D eigenvalue weighted by Crippen LogP contribution is 2.41. The molecule has 0 aromatic heterocycles. The average molecular weight is 327 g/mol. The summed E-state index contributed by atoms with van der Waals surface area (Å²) in [6.45, 7) is 1.15. The Bertz CT molecular complexity index is 455. The van der Waals surface area contributed by atoms with Crippen molar-refractivity contribution in [2.75, 3.05) is 13.2 Å². The van der Waals surface area contributed by atoms with Crippen LogP contribution in [0.3, 0.4) is 0 Å². The summed E-state index contributed by atoms with van der Waals surface area (Å²) in [5.41, 5.74) is 0.919. The number of hydrogen-bond donors (Lipinski definition) is 1. The fourth-order valence-electron chi connectivity index (χ4n) is 3.02. The van der Waals surface area contributed by atoms with Crippen molar-refractivity contribution in [3.8, 4) is 11.5 Å². The SMILES string of the molecule is OC(CC1CCCC1)c1cc(Br)c2c(c1)OCCO2. The topological polar surface area (TPSA) is 38.7 Å². The number of ether oxygens (including phenoxy) is 2. The van der Waals surface area contributed by atoms with Gasteiger partial charge in [0.15, 0.2) is 11.5 Å². The van der Waals surface area contributed by atoms with Gasteiger partial charge in [0.05, 0.1) is 10.6 Å². The van der Waals surface area contributed by atoms with Gasteiger partial charge in [-0.2, -0.15) is 0 Å². The molecule has 1 saturated carbocycles. The van der Waals surface area contributed by atoms with Crippen LogP contribution in [0.2, 0.25) is 0 Å². The van der Waals surface area contributed by atoms with Gasteiger partial charge < -0.3 is 14.6 Å². The number of fused-ring (bicyclic) bond motifs is 1. The Kier molecular flexibility index (Phi) is 3.99. The van der Waals surface area contributed by atoms with E-state index in [0.29, 0.717) is 19.1 Å². The maximum absolute atomic E-state index is 10.4. The molecule has 1 fully saturated rings. The number of rotatable bonds is 3. The van der Waals surface area contributed by atoms with Crippen LogP contribution < -0.4 is 9.47 Å². The van der Waals surface area contributed by atoms with Crippen LogP contribution in [-0.4, -0.2) is 18.3 Å². The summed E-state index contributed by atoms with van der Waals surface area (Å²) in [4.78, 5) is 0. The first-order valence-corrected chi connectivity index (χ1v) is 7.80. The molecular formula is C15H19BrO3. The molecular weight excluding hydrogens is 308 g/mol. The standard InChI is InChI=1S/C15H19BrO3/c16-12-8-11(9-14-15(12)19-6-5-18-14)13(17)7-10-3-1-2-4-10/h8-10,13,17H,1-7H2. The fraction of sp³-hybridized carbons (Fsp3) is 0.600. The Morgan fingerprint density at radius 1 is 1.21 bits per heavy atom. The first-order valence-electron chi connectivity index (χ1n) is 7.01. The number of aliphatic hydroxyl groups is 1. The molecule has 1 unspecified atom stereocenters. The van der Waals surface area contributed by atoms with Crippen LogP contribution in [0.15, 0.2) is 16.6 Å². The molecule has 1 aromatic carbocycles. The van der Waals surface area contributed by atoms with Crippen LogP contribution in [0.25, 0.3) is 0 Å². The lowest BCUT2D eigenvalue weighted by Crippen LogP contribution is -2.16. The largest absolute Gasteiger partial charge is 0.486 e. The van der Waals surface area contributed by atoms with Gasteiger partial charge in [-0.05, 0) is 46.0 Å². The zero-order valence-corrected chi connectivity index (χ0v) is 12.5. The van der Waals surface area contributed by atoms with Crippen molar-refractivity contribution >= 4 is 15.9 Å². The smallest absolute Gasteiger partial charge is 0.175 e. The van der Waals surface area contributed by atoms with Crippen molar-refractivity contribution in [1.29, 1.82) is 0 Å². The Hall–Kier alpha value is -0.740. The minimum absolute atomic E-state index is 0.407. The number of aliphatic hydroxyl groups excluding tert-OH is 1. The van der Waals surface area contributed by atoms with E-state index in [2.05, 4.69) is 15.9 Å². The average Bonchev–Trinajstić information content (AvgIpc) is 2.91. The number of benzene rings is 1. The van der Waals surface area contributed by atoms with E-state index in [-0.39, 0.29) is 0 Å². The molecule has 3 rings (SSSR count). The zero-order valence-electron chi connectivity index (χ0n) is 10.9. The quantitative estimate of drug-likeness (QED) is 0.917. The molecule has 2 aliphatic rings. The fourth-order valence-corrected chi connectivity index (χ4v) is 3.60. The van der Waals surface area contributed by atoms with Gasteiger partial charge in [0, 0.05) is 0 Å². The summed E-state index contributed by atoms with van der Waals surface area (Å²) < 4.78 is 12.0. The van der Waals surface area contributed by atoms with E-state index in [9.17, 15) is 5.11 Å². The number of halogens is 1. The molecule has 1 aliphatic heterocycles. The Balaban J connectivity index is 1.78. The predicted molar refractivity (Wildman–Crippen MR) is 76.7 cm³/mol. The van der Waals surface area contributed by atoms with E-state index in [1.807, 2.05) is 12.1 Å². The lowest BCUT2D eigenvalue weighted by Gasteiger charge is -2.22. The van der Waals surface area contributed by atoms with Crippen LogP contribution in [-0.2, 0) is 0 Å². The second-order valence-corrected chi connectivity index (χ2v) is 6.28. The monoisotopic (exact) mass is 326 g/mol. The molecule has 4 heteroatoms. The Morgan fingerprint density at radius 2 is 1.95 bits per heavy atom. The molecule has 3 nitrogen and oxygen atoms in total. The molecule has 0 spiro atoms. The van der Waals surface area contributed by atoms with Crippen molar-refractivity contribution in [3.63, 3.8) is 0 Å². The van der Waals surface area contributed by atoms with Gasteiger partial charge in [-0.3, -0.25) is 0 Å². The van der Waals surface area contributed by atoms with Crippen LogP contribution in [0.4, 0.5) is 0 Å². The van der Waals surface area contributed by atoms with E-state index >= 15 is 0 Å². The zero-order chi connectivity index (χ0) is 13.2. The highest BCUT2D eigenvalue weighted by Gasteiger charge is 2.23. The second kappa shape index (κ2) is 5.71. The van der Waals surface area contributed by atoms with Crippen molar-refractivity contribution in [2.24, 2.45) is 5.92 Å². The first-order chi connectivity index (χ1) is 9.24. The van der Waals surface area contributed by atoms with E-state index in [0.717, 1.165) is 28.0 Å². The lowest BCUT2D eigenvalue weighted by molar-refractivity contribution is 0.141. The Labute approximate surface area is 122 Å². The number of hydrogen-bond acceptors (Lipinski definition) is 3. The van der Waals surface area contributed by atoms with Gasteiger partial charge in [-0.15, -0.1) is 0 Å². The molecule has 1 aliphatic carbocycles. The van der Waals surface area contributed by atoms with Gasteiger partial charge in [0.1, 0.15) is 13.2 Å². The van der Waals surface area contributed by atoms with E-state index < -0.39 is 6.10 Å². The first kappa shape index (κ1) is 13.3. The molecule has 1 atom stereocenters. The summed E-state index contributed by atoms with van der Waals surface area (Å²) in [7, 11) is 0. The molecule has 104 valence electrons. The summed E-state index contributed by atoms with van der Waals surface area (Å²) in [6.07, 6.45) is 5.57. The van der Waals surface area contributed by atoms with Crippen LogP contribution in [0.5, 0.6) is 11.5 Å². The Morgan fingerprint density at radius 3 is 2.74 bits per heavy atom. The molecule has 1 aromatic rings. The normalized spacial score (nSPS) is 20.5. The summed E-state index contributed by atoms with van der Waals surface area (Å²) in [5.74, 6) is 2.16. The van der Waals surface area contributed by atoms with Crippen molar-refractivity contribution in [3.05, 3.63) is 22.2 Å². The van der Waals surface area contributed by atoms with E-state index in [4.69, 9.17) is 9.47 Å². The molecule has 0 amide bonds. The highest BCUT2D eigenvalue weighted by molar-refractivity contribution is 9.10. The van der Waals surface area contributed by atoms with Crippen molar-refractivity contribution in [1.82, 2.24) is 0 Å². The molecule has 0 radical (unpaired) electrons. The second-order valence-electron chi connectivity index (χ2n) is 5.43. The summed E-state index contributed by atoms with van der Waals surface area (Å²) in [6, 6.07) is 3.87. The van der Waals surface area contributed by atoms with Gasteiger partial charge in [0.25, 0.3) is 0 Å². The molecule has 0 bridgehead atoms. The van der Waals surface area contributed by atoms with Gasteiger partial charge in [0.2, 0.25) is 0 Å². The summed E-state index contributed by atoms with van der Waals surface area (Å²) >= 11 is 3.50.